The Hall–Kier alpha value is -7.19. The molecule has 0 radical (unpaired) electrons. The summed E-state index contributed by atoms with van der Waals surface area (Å²) < 4.78 is 17.8. The van der Waals surface area contributed by atoms with Crippen molar-refractivity contribution in [2.24, 2.45) is 0 Å². The zero-order valence-corrected chi connectivity index (χ0v) is 32.2. The molecule has 0 amide bonds. The molecule has 5 aromatic heterocycles. The second-order valence-electron chi connectivity index (χ2n) is 14.7. The van der Waals surface area contributed by atoms with Crippen LogP contribution in [-0.2, 0) is 0 Å². The minimum Gasteiger partial charge on any atom is -0.455 e. The summed E-state index contributed by atoms with van der Waals surface area (Å²) in [5.74, 6) is 1.84. The maximum atomic E-state index is 6.65. The average molecular weight is 778 g/mol. The SMILES string of the molecule is c1ccc(-c2ccc(-c3nc(-c4cc5c6ccccc6oc5c5c4sc4ccccc45)nc(-c4cc5c6ccccc6oc5c5c4sc4ccccc45)n3)cc2)cc1. The monoisotopic (exact) mass is 777 g/mol. The molecule has 0 aliphatic heterocycles. The third-order valence-electron chi connectivity index (χ3n) is 11.3. The summed E-state index contributed by atoms with van der Waals surface area (Å²) in [6.07, 6.45) is 0. The second-order valence-corrected chi connectivity index (χ2v) is 16.8. The van der Waals surface area contributed by atoms with Crippen LogP contribution >= 0.6 is 22.7 Å². The normalized spacial score (nSPS) is 12.1. The summed E-state index contributed by atoms with van der Waals surface area (Å²) in [5, 5.41) is 8.67. The number of hydrogen-bond donors (Lipinski definition) is 0. The van der Waals surface area contributed by atoms with Crippen molar-refractivity contribution in [2.45, 2.75) is 0 Å². The largest absolute Gasteiger partial charge is 0.455 e. The van der Waals surface area contributed by atoms with Gasteiger partial charge in [-0.05, 0) is 47.5 Å². The van der Waals surface area contributed by atoms with E-state index in [2.05, 4.69) is 133 Å². The van der Waals surface area contributed by atoms with Crippen molar-refractivity contribution in [2.75, 3.05) is 0 Å². The molecule has 0 saturated heterocycles. The highest BCUT2D eigenvalue weighted by atomic mass is 32.1. The number of fused-ring (bicyclic) bond motifs is 14. The fourth-order valence-corrected chi connectivity index (χ4v) is 11.1. The number of thiophene rings is 2. The Bertz CT molecular complexity index is 3590. The summed E-state index contributed by atoms with van der Waals surface area (Å²) in [6, 6.07) is 57.1. The molecule has 0 unspecified atom stereocenters. The van der Waals surface area contributed by atoms with Crippen molar-refractivity contribution in [1.29, 1.82) is 0 Å². The number of para-hydroxylation sites is 2. The number of benzene rings is 8. The lowest BCUT2D eigenvalue weighted by Gasteiger charge is -2.11. The molecule has 5 heterocycles. The molecule has 270 valence electrons. The van der Waals surface area contributed by atoms with Gasteiger partial charge in [0.2, 0.25) is 0 Å². The van der Waals surface area contributed by atoms with E-state index in [4.69, 9.17) is 23.8 Å². The zero-order valence-electron chi connectivity index (χ0n) is 30.6. The number of nitrogens with zero attached hydrogens (tertiary/aromatic N) is 3. The van der Waals surface area contributed by atoms with Crippen LogP contribution in [0, 0.1) is 0 Å². The Kier molecular flexibility index (Phi) is 6.70. The van der Waals surface area contributed by atoms with Crippen LogP contribution < -0.4 is 0 Å². The van der Waals surface area contributed by atoms with Crippen molar-refractivity contribution in [3.8, 4) is 45.3 Å². The number of rotatable bonds is 4. The van der Waals surface area contributed by atoms with Gasteiger partial charge < -0.3 is 8.83 Å². The zero-order chi connectivity index (χ0) is 37.9. The van der Waals surface area contributed by atoms with Gasteiger partial charge in [-0.2, -0.15) is 0 Å². The molecule has 0 atom stereocenters. The van der Waals surface area contributed by atoms with E-state index in [0.29, 0.717) is 17.5 Å². The fraction of sp³-hybridized carbons (Fsp3) is 0. The third-order valence-corrected chi connectivity index (χ3v) is 13.8. The first-order valence-electron chi connectivity index (χ1n) is 19.2. The van der Waals surface area contributed by atoms with E-state index in [-0.39, 0.29) is 0 Å². The van der Waals surface area contributed by atoms with Gasteiger partial charge >= 0.3 is 0 Å². The first kappa shape index (κ1) is 32.0. The van der Waals surface area contributed by atoms with E-state index >= 15 is 0 Å². The molecular formula is C51H27N3O2S2. The standard InChI is InChI=1S/C51H27N3O2S2/c1-2-12-28(13-3-1)29-22-24-30(25-23-29)49-52-50(37-26-35-31-14-4-8-18-39(31)55-45(35)43-33-16-6-10-20-41(33)57-47(37)43)54-51(53-49)38-27-36-32-15-5-9-19-40(32)56-46(36)44-34-17-7-11-21-42(34)58-48(38)44/h1-27H. The van der Waals surface area contributed by atoms with Crippen LogP contribution in [0.2, 0.25) is 0 Å². The van der Waals surface area contributed by atoms with Crippen molar-refractivity contribution in [3.05, 3.63) is 164 Å². The first-order valence-corrected chi connectivity index (χ1v) is 20.8. The van der Waals surface area contributed by atoms with Gasteiger partial charge in [0.05, 0.1) is 9.40 Å². The second kappa shape index (κ2) is 12.2. The molecule has 0 bridgehead atoms. The Morgan fingerprint density at radius 3 is 1.29 bits per heavy atom. The summed E-state index contributed by atoms with van der Waals surface area (Å²) in [5.41, 5.74) is 8.57. The minimum absolute atomic E-state index is 0.609. The van der Waals surface area contributed by atoms with Crippen LogP contribution in [0.15, 0.2) is 173 Å². The molecule has 0 spiro atoms. The molecule has 7 heteroatoms. The van der Waals surface area contributed by atoms with Crippen molar-refractivity contribution >= 4 is 107 Å². The Morgan fingerprint density at radius 1 is 0.345 bits per heavy atom. The van der Waals surface area contributed by atoms with Gasteiger partial charge in [0, 0.05) is 69.2 Å². The predicted molar refractivity (Wildman–Crippen MR) is 242 cm³/mol. The summed E-state index contributed by atoms with van der Waals surface area (Å²) in [4.78, 5) is 16.2. The molecule has 8 aromatic carbocycles. The lowest BCUT2D eigenvalue weighted by molar-refractivity contribution is 0.672. The van der Waals surface area contributed by atoms with Gasteiger partial charge in [-0.1, -0.05) is 127 Å². The highest BCUT2D eigenvalue weighted by Crippen LogP contribution is 2.49. The Labute approximate surface area is 338 Å². The van der Waals surface area contributed by atoms with Crippen molar-refractivity contribution in [1.82, 2.24) is 15.0 Å². The van der Waals surface area contributed by atoms with E-state index < -0.39 is 0 Å². The minimum atomic E-state index is 0.609. The van der Waals surface area contributed by atoms with Crippen LogP contribution in [0.25, 0.3) is 130 Å². The van der Waals surface area contributed by atoms with E-state index in [1.807, 2.05) is 30.3 Å². The quantitative estimate of drug-likeness (QED) is 0.178. The summed E-state index contributed by atoms with van der Waals surface area (Å²) in [6.45, 7) is 0. The van der Waals surface area contributed by atoms with Crippen molar-refractivity contribution in [3.63, 3.8) is 0 Å². The smallest absolute Gasteiger partial charge is 0.165 e. The molecular weight excluding hydrogens is 751 g/mol. The fourth-order valence-electron chi connectivity index (χ4n) is 8.65. The molecule has 5 nitrogen and oxygen atoms in total. The molecule has 13 rings (SSSR count). The maximum Gasteiger partial charge on any atom is 0.165 e. The van der Waals surface area contributed by atoms with E-state index in [9.17, 15) is 0 Å². The predicted octanol–water partition coefficient (Wildman–Crippen LogP) is 15.1. The van der Waals surface area contributed by atoms with Crippen LogP contribution in [0.5, 0.6) is 0 Å². The highest BCUT2D eigenvalue weighted by molar-refractivity contribution is 7.27. The van der Waals surface area contributed by atoms with E-state index in [0.717, 1.165) is 103 Å². The van der Waals surface area contributed by atoms with Crippen LogP contribution in [0.1, 0.15) is 0 Å². The van der Waals surface area contributed by atoms with Crippen LogP contribution in [0.4, 0.5) is 0 Å². The number of furan rings is 2. The highest BCUT2D eigenvalue weighted by Gasteiger charge is 2.25. The average Bonchev–Trinajstić information content (AvgIpc) is 4.06. The number of aromatic nitrogens is 3. The Morgan fingerprint density at radius 2 is 0.759 bits per heavy atom. The van der Waals surface area contributed by atoms with Gasteiger partial charge in [0.1, 0.15) is 22.3 Å². The maximum absolute atomic E-state index is 6.65. The summed E-state index contributed by atoms with van der Waals surface area (Å²) in [7, 11) is 0. The van der Waals surface area contributed by atoms with Gasteiger partial charge in [-0.25, -0.2) is 15.0 Å². The van der Waals surface area contributed by atoms with Crippen LogP contribution in [0.3, 0.4) is 0 Å². The molecule has 0 fully saturated rings. The van der Waals surface area contributed by atoms with Crippen LogP contribution in [-0.4, -0.2) is 15.0 Å². The number of hydrogen-bond acceptors (Lipinski definition) is 7. The van der Waals surface area contributed by atoms with E-state index in [1.165, 1.54) is 9.40 Å². The van der Waals surface area contributed by atoms with Crippen molar-refractivity contribution < 1.29 is 8.83 Å². The van der Waals surface area contributed by atoms with E-state index in [1.54, 1.807) is 22.7 Å². The lowest BCUT2D eigenvalue weighted by atomic mass is 10.0. The van der Waals surface area contributed by atoms with Gasteiger partial charge in [-0.3, -0.25) is 0 Å². The molecule has 0 aliphatic carbocycles. The summed E-state index contributed by atoms with van der Waals surface area (Å²) >= 11 is 3.50. The third kappa shape index (κ3) is 4.66. The first-order chi connectivity index (χ1) is 28.7. The molecule has 58 heavy (non-hydrogen) atoms. The molecule has 0 saturated carbocycles. The molecule has 0 N–H and O–H groups in total. The molecule has 0 aliphatic rings. The topological polar surface area (TPSA) is 65.0 Å². The Balaban J connectivity index is 1.14. The van der Waals surface area contributed by atoms with Gasteiger partial charge in [-0.15, -0.1) is 22.7 Å². The molecule has 13 aromatic rings. The van der Waals surface area contributed by atoms with Gasteiger partial charge in [0.15, 0.2) is 17.5 Å². The van der Waals surface area contributed by atoms with Gasteiger partial charge in [0.25, 0.3) is 0 Å². The lowest BCUT2D eigenvalue weighted by Crippen LogP contribution is -2.00.